The van der Waals surface area contributed by atoms with Gasteiger partial charge < -0.3 is 0 Å². The fourth-order valence-electron chi connectivity index (χ4n) is 13.9. The summed E-state index contributed by atoms with van der Waals surface area (Å²) in [6.07, 6.45) is 20.0. The molecule has 0 radical (unpaired) electrons. The second-order valence-electron chi connectivity index (χ2n) is 18.0. The Balaban J connectivity index is 1.03. The molecule has 0 unspecified atom stereocenters. The van der Waals surface area contributed by atoms with Crippen molar-refractivity contribution >= 4 is 23.0 Å². The third kappa shape index (κ3) is 3.81. The average Bonchev–Trinajstić information content (AvgIpc) is 3.49. The van der Waals surface area contributed by atoms with Gasteiger partial charge in [0, 0.05) is 35.1 Å². The van der Waals surface area contributed by atoms with Crippen molar-refractivity contribution in [3.8, 4) is 0 Å². The first-order valence-corrected chi connectivity index (χ1v) is 18.5. The Bertz CT molecular complexity index is 1310. The zero-order valence-electron chi connectivity index (χ0n) is 28.4. The van der Waals surface area contributed by atoms with Crippen LogP contribution >= 0.6 is 0 Å². The Hall–Kier alpha value is -1.84. The van der Waals surface area contributed by atoms with Crippen molar-refractivity contribution in [3.63, 3.8) is 0 Å². The fraction of sp³-hybridized carbons (Fsp3) is 0.800. The summed E-state index contributed by atoms with van der Waals surface area (Å²) in [5.74, 6) is 5.95. The van der Waals surface area contributed by atoms with Crippen molar-refractivity contribution in [1.29, 1.82) is 0 Å². The SMILES string of the molecule is C[C@@H]1CC(=O)C=C2CC[C@@H]3[C@H](CC[C@]4(C)/C(=N\N=C5\CC[C@@H]6[C@H]7CCC8=CC(=O)C[C@H](C)[C@]8(C)[C@H]7CC[C@@]56C)CC[C@@H]34)[C@]21C. The highest BCUT2D eigenvalue weighted by atomic mass is 16.1. The zero-order chi connectivity index (χ0) is 30.8. The molecule has 0 N–H and O–H groups in total. The first kappa shape index (κ1) is 29.6. The molecule has 0 aliphatic heterocycles. The topological polar surface area (TPSA) is 58.9 Å². The van der Waals surface area contributed by atoms with E-state index in [0.717, 1.165) is 50.4 Å². The van der Waals surface area contributed by atoms with Gasteiger partial charge in [0.05, 0.1) is 0 Å². The number of ketones is 2. The minimum absolute atomic E-state index is 0.183. The molecular formula is C40H56N2O2. The predicted octanol–water partition coefficient (Wildman–Crippen LogP) is 9.34. The third-order valence-electron chi connectivity index (χ3n) is 16.8. The highest BCUT2D eigenvalue weighted by molar-refractivity contribution is 5.96. The van der Waals surface area contributed by atoms with Crippen LogP contribution in [0.2, 0.25) is 0 Å². The lowest BCUT2D eigenvalue weighted by atomic mass is 9.45. The molecule has 8 aliphatic rings. The van der Waals surface area contributed by atoms with Crippen LogP contribution < -0.4 is 0 Å². The van der Waals surface area contributed by atoms with Crippen LogP contribution in [0.5, 0.6) is 0 Å². The predicted molar refractivity (Wildman–Crippen MR) is 177 cm³/mol. The van der Waals surface area contributed by atoms with Gasteiger partial charge in [0.1, 0.15) is 0 Å². The normalized spacial score (nSPS) is 53.2. The van der Waals surface area contributed by atoms with Crippen LogP contribution in [0.4, 0.5) is 0 Å². The first-order valence-electron chi connectivity index (χ1n) is 18.5. The number of hydrogen-bond acceptors (Lipinski definition) is 4. The van der Waals surface area contributed by atoms with E-state index < -0.39 is 0 Å². The van der Waals surface area contributed by atoms with Crippen LogP contribution in [-0.2, 0) is 9.59 Å². The van der Waals surface area contributed by atoms with E-state index >= 15 is 0 Å². The van der Waals surface area contributed by atoms with Crippen molar-refractivity contribution in [2.45, 2.75) is 131 Å². The lowest BCUT2D eigenvalue weighted by Crippen LogP contribution is -2.53. The van der Waals surface area contributed by atoms with Crippen molar-refractivity contribution < 1.29 is 9.59 Å². The molecule has 0 saturated heterocycles. The van der Waals surface area contributed by atoms with Crippen molar-refractivity contribution in [2.75, 3.05) is 0 Å². The smallest absolute Gasteiger partial charge is 0.155 e. The van der Waals surface area contributed by atoms with Gasteiger partial charge in [-0.25, -0.2) is 0 Å². The maximum absolute atomic E-state index is 12.4. The van der Waals surface area contributed by atoms with Gasteiger partial charge in [-0.3, -0.25) is 9.59 Å². The number of carbonyl (C=O) groups is 2. The molecule has 12 atom stereocenters. The monoisotopic (exact) mass is 596 g/mol. The molecule has 0 aromatic carbocycles. The average molecular weight is 597 g/mol. The van der Waals surface area contributed by atoms with E-state index in [4.69, 9.17) is 10.2 Å². The van der Waals surface area contributed by atoms with Crippen LogP contribution in [-0.4, -0.2) is 23.0 Å². The zero-order valence-corrected chi connectivity index (χ0v) is 28.4. The lowest BCUT2D eigenvalue weighted by molar-refractivity contribution is -0.120. The van der Waals surface area contributed by atoms with Gasteiger partial charge in [-0.1, -0.05) is 52.7 Å². The van der Waals surface area contributed by atoms with Gasteiger partial charge in [0.25, 0.3) is 0 Å². The summed E-state index contributed by atoms with van der Waals surface area (Å²) < 4.78 is 0. The molecule has 0 aromatic heterocycles. The Morgan fingerprint density at radius 3 is 1.39 bits per heavy atom. The van der Waals surface area contributed by atoms with Crippen LogP contribution in [0.25, 0.3) is 0 Å². The molecule has 4 nitrogen and oxygen atoms in total. The summed E-state index contributed by atoms with van der Waals surface area (Å²) in [5, 5.41) is 10.5. The number of carbonyl (C=O) groups excluding carboxylic acids is 2. The van der Waals surface area contributed by atoms with Gasteiger partial charge in [-0.2, -0.15) is 10.2 Å². The molecule has 0 heterocycles. The van der Waals surface area contributed by atoms with Gasteiger partial charge in [-0.05, 0) is 147 Å². The molecule has 0 spiro atoms. The van der Waals surface area contributed by atoms with E-state index in [1.165, 1.54) is 73.9 Å². The van der Waals surface area contributed by atoms with E-state index in [-0.39, 0.29) is 21.7 Å². The van der Waals surface area contributed by atoms with Crippen LogP contribution in [0.3, 0.4) is 0 Å². The quantitative estimate of drug-likeness (QED) is 0.283. The van der Waals surface area contributed by atoms with Crippen molar-refractivity contribution in [1.82, 2.24) is 0 Å². The number of fused-ring (bicyclic) bond motifs is 10. The minimum atomic E-state index is 0.183. The Morgan fingerprint density at radius 1 is 0.568 bits per heavy atom. The standard InChI is InChI=1S/C40H56N2O2/c1-23-19-27(43)21-25-7-9-29-31-11-13-35(37(31,3)17-15-33(29)39(23,25)5)41-42-36-14-12-32-30-10-8-26-22-28(44)20-24(2)40(26,6)34(30)16-18-38(32,36)4/h21-24,29-34H,7-20H2,1-6H3/b41-35-,42-36-/t23-,24+,29+,30-,31+,32-,33-,34-,37+,38-,39-,40-/m0/s1. The van der Waals surface area contributed by atoms with Crippen molar-refractivity contribution in [3.05, 3.63) is 23.3 Å². The van der Waals surface area contributed by atoms with Crippen LogP contribution in [0.1, 0.15) is 131 Å². The lowest BCUT2D eigenvalue weighted by Gasteiger charge is -2.59. The molecule has 0 aromatic rings. The first-order chi connectivity index (χ1) is 20.9. The summed E-state index contributed by atoms with van der Waals surface area (Å²) in [6, 6.07) is 0. The van der Waals surface area contributed by atoms with E-state index in [0.29, 0.717) is 47.1 Å². The number of allylic oxidation sites excluding steroid dienone is 2. The maximum Gasteiger partial charge on any atom is 0.155 e. The fourth-order valence-corrected chi connectivity index (χ4v) is 13.9. The summed E-state index contributed by atoms with van der Waals surface area (Å²) >= 11 is 0. The van der Waals surface area contributed by atoms with Gasteiger partial charge >= 0.3 is 0 Å². The van der Waals surface area contributed by atoms with E-state index in [9.17, 15) is 9.59 Å². The van der Waals surface area contributed by atoms with Gasteiger partial charge in [-0.15, -0.1) is 0 Å². The minimum Gasteiger partial charge on any atom is -0.295 e. The Labute approximate surface area is 266 Å². The number of hydrogen-bond donors (Lipinski definition) is 0. The highest BCUT2D eigenvalue weighted by Gasteiger charge is 2.61. The van der Waals surface area contributed by atoms with Gasteiger partial charge in [0.15, 0.2) is 11.6 Å². The summed E-state index contributed by atoms with van der Waals surface area (Å²) in [5.41, 5.74) is 6.49. The largest absolute Gasteiger partial charge is 0.295 e. The van der Waals surface area contributed by atoms with Crippen LogP contribution in [0, 0.1) is 69.0 Å². The molecule has 0 bridgehead atoms. The molecule has 44 heavy (non-hydrogen) atoms. The highest BCUT2D eigenvalue weighted by Crippen LogP contribution is 2.67. The molecule has 6 fully saturated rings. The molecule has 6 saturated carbocycles. The van der Waals surface area contributed by atoms with E-state index in [1.807, 2.05) is 12.2 Å². The summed E-state index contributed by atoms with van der Waals surface area (Å²) in [6.45, 7) is 14.8. The van der Waals surface area contributed by atoms with E-state index in [2.05, 4.69) is 41.5 Å². The molecule has 4 heteroatoms. The third-order valence-corrected chi connectivity index (χ3v) is 16.8. The summed E-state index contributed by atoms with van der Waals surface area (Å²) in [4.78, 5) is 24.9. The summed E-state index contributed by atoms with van der Waals surface area (Å²) in [7, 11) is 0. The van der Waals surface area contributed by atoms with Crippen molar-refractivity contribution in [2.24, 2.45) is 79.2 Å². The molecule has 8 rings (SSSR count). The second kappa shape index (κ2) is 9.83. The molecule has 238 valence electrons. The van der Waals surface area contributed by atoms with E-state index in [1.54, 1.807) is 0 Å². The number of rotatable bonds is 1. The Kier molecular flexibility index (Phi) is 6.61. The second-order valence-corrected chi connectivity index (χ2v) is 18.0. The van der Waals surface area contributed by atoms with Gasteiger partial charge in [0.2, 0.25) is 0 Å². The molecule has 0 amide bonds. The molecule has 8 aliphatic carbocycles. The van der Waals surface area contributed by atoms with Crippen LogP contribution in [0.15, 0.2) is 33.5 Å². The number of nitrogens with zero attached hydrogens (tertiary/aromatic N) is 2. The molecular weight excluding hydrogens is 540 g/mol. The maximum atomic E-state index is 12.4. The Morgan fingerprint density at radius 2 is 0.977 bits per heavy atom.